The van der Waals surface area contributed by atoms with Crippen molar-refractivity contribution in [1.82, 2.24) is 15.5 Å². The molecule has 0 radical (unpaired) electrons. The van der Waals surface area contributed by atoms with Crippen LogP contribution in [-0.2, 0) is 0 Å². The van der Waals surface area contributed by atoms with Crippen molar-refractivity contribution in [2.45, 2.75) is 39.3 Å². The van der Waals surface area contributed by atoms with Gasteiger partial charge in [0, 0.05) is 12.1 Å². The molecule has 0 aliphatic carbocycles. The number of hydrogen-bond donors (Lipinski definition) is 1. The quantitative estimate of drug-likeness (QED) is 0.821. The maximum atomic E-state index is 5.55. The maximum absolute atomic E-state index is 5.55. The molecule has 4 heteroatoms. The van der Waals surface area contributed by atoms with E-state index >= 15 is 0 Å². The number of ether oxygens (including phenoxy) is 1. The van der Waals surface area contributed by atoms with Crippen LogP contribution >= 0.6 is 0 Å². The average molecular weight is 235 g/mol. The molecule has 1 aromatic rings. The van der Waals surface area contributed by atoms with E-state index in [1.165, 1.54) is 0 Å². The molecule has 0 saturated carbocycles. The van der Waals surface area contributed by atoms with Crippen molar-refractivity contribution in [3.8, 4) is 5.75 Å². The average Bonchev–Trinajstić information content (AvgIpc) is 2.28. The van der Waals surface area contributed by atoms with E-state index in [-0.39, 0.29) is 6.10 Å². The lowest BCUT2D eigenvalue weighted by Crippen LogP contribution is -2.19. The molecule has 1 N–H and O–H groups in total. The van der Waals surface area contributed by atoms with Crippen LogP contribution in [0.5, 0.6) is 5.75 Å². The first-order valence-electron chi connectivity index (χ1n) is 5.95. The molecule has 1 atom stereocenters. The molecular weight excluding hydrogens is 214 g/mol. The van der Waals surface area contributed by atoms with Crippen LogP contribution in [-0.4, -0.2) is 29.4 Å². The highest BCUT2D eigenvalue weighted by molar-refractivity contribution is 5.45. The van der Waals surface area contributed by atoms with Gasteiger partial charge in [0.15, 0.2) is 0 Å². The largest absolute Gasteiger partial charge is 0.489 e. The Kier molecular flexibility index (Phi) is 5.63. The molecule has 0 fully saturated rings. The third-order valence-corrected chi connectivity index (χ3v) is 2.29. The zero-order valence-electron chi connectivity index (χ0n) is 11.0. The number of rotatable bonds is 6. The zero-order valence-corrected chi connectivity index (χ0v) is 11.0. The van der Waals surface area contributed by atoms with Crippen molar-refractivity contribution in [3.05, 3.63) is 24.0 Å². The standard InChI is InChI=1S/C13H21N3O/c1-10(2)17-13-8-12(16-15-9-13)7-5-6-11(3)14-4/h5,7-11,14H,6H2,1-4H3/b7-5+. The van der Waals surface area contributed by atoms with Crippen molar-refractivity contribution in [3.63, 3.8) is 0 Å². The normalized spacial score (nSPS) is 13.2. The summed E-state index contributed by atoms with van der Waals surface area (Å²) < 4.78 is 5.55. The van der Waals surface area contributed by atoms with Crippen LogP contribution < -0.4 is 10.1 Å². The maximum Gasteiger partial charge on any atom is 0.142 e. The van der Waals surface area contributed by atoms with Crippen LogP contribution in [0, 0.1) is 0 Å². The zero-order chi connectivity index (χ0) is 12.7. The van der Waals surface area contributed by atoms with Crippen LogP contribution in [0.25, 0.3) is 6.08 Å². The Morgan fingerprint density at radius 3 is 2.82 bits per heavy atom. The third-order valence-electron chi connectivity index (χ3n) is 2.29. The Hall–Kier alpha value is -1.42. The minimum atomic E-state index is 0.153. The molecular formula is C13H21N3O. The summed E-state index contributed by atoms with van der Waals surface area (Å²) in [6.07, 6.45) is 6.81. The Balaban J connectivity index is 2.59. The molecule has 0 aliphatic heterocycles. The Labute approximate surface area is 103 Å². The lowest BCUT2D eigenvalue weighted by Gasteiger charge is -2.08. The van der Waals surface area contributed by atoms with Crippen molar-refractivity contribution in [1.29, 1.82) is 0 Å². The summed E-state index contributed by atoms with van der Waals surface area (Å²) in [6.45, 7) is 6.11. The summed E-state index contributed by atoms with van der Waals surface area (Å²) >= 11 is 0. The fraction of sp³-hybridized carbons (Fsp3) is 0.538. The number of hydrogen-bond acceptors (Lipinski definition) is 4. The minimum Gasteiger partial charge on any atom is -0.489 e. The van der Waals surface area contributed by atoms with E-state index in [2.05, 4.69) is 28.5 Å². The molecule has 4 nitrogen and oxygen atoms in total. The molecule has 1 unspecified atom stereocenters. The second-order valence-corrected chi connectivity index (χ2v) is 4.31. The molecule has 0 amide bonds. The minimum absolute atomic E-state index is 0.153. The second-order valence-electron chi connectivity index (χ2n) is 4.31. The smallest absolute Gasteiger partial charge is 0.142 e. The van der Waals surface area contributed by atoms with Crippen molar-refractivity contribution >= 4 is 6.08 Å². The highest BCUT2D eigenvalue weighted by atomic mass is 16.5. The first-order chi connectivity index (χ1) is 8.11. The van der Waals surface area contributed by atoms with Crippen molar-refractivity contribution in [2.24, 2.45) is 0 Å². The molecule has 1 rings (SSSR count). The fourth-order valence-electron chi connectivity index (χ4n) is 1.29. The molecule has 0 saturated heterocycles. The van der Waals surface area contributed by atoms with E-state index in [1.54, 1.807) is 6.20 Å². The highest BCUT2D eigenvalue weighted by Gasteiger charge is 1.99. The van der Waals surface area contributed by atoms with Crippen LogP contribution in [0.2, 0.25) is 0 Å². The van der Waals surface area contributed by atoms with Crippen LogP contribution in [0.1, 0.15) is 32.9 Å². The van der Waals surface area contributed by atoms with Gasteiger partial charge in [-0.25, -0.2) is 0 Å². The van der Waals surface area contributed by atoms with Gasteiger partial charge >= 0.3 is 0 Å². The van der Waals surface area contributed by atoms with E-state index in [0.29, 0.717) is 6.04 Å². The van der Waals surface area contributed by atoms with Gasteiger partial charge in [0.25, 0.3) is 0 Å². The number of nitrogens with one attached hydrogen (secondary N) is 1. The van der Waals surface area contributed by atoms with Crippen molar-refractivity contribution in [2.75, 3.05) is 7.05 Å². The van der Waals surface area contributed by atoms with E-state index < -0.39 is 0 Å². The fourth-order valence-corrected chi connectivity index (χ4v) is 1.29. The molecule has 17 heavy (non-hydrogen) atoms. The summed E-state index contributed by atoms with van der Waals surface area (Å²) in [5.74, 6) is 0.760. The topological polar surface area (TPSA) is 47.0 Å². The Morgan fingerprint density at radius 2 is 2.18 bits per heavy atom. The molecule has 94 valence electrons. The molecule has 0 aliphatic rings. The monoisotopic (exact) mass is 235 g/mol. The predicted octanol–water partition coefficient (Wildman–Crippen LogP) is 2.28. The molecule has 1 aromatic heterocycles. The van der Waals surface area contributed by atoms with Crippen molar-refractivity contribution < 1.29 is 4.74 Å². The van der Waals surface area contributed by atoms with Gasteiger partial charge in [0.1, 0.15) is 5.75 Å². The summed E-state index contributed by atoms with van der Waals surface area (Å²) in [7, 11) is 1.95. The number of nitrogens with zero attached hydrogens (tertiary/aromatic N) is 2. The second kappa shape index (κ2) is 7.01. The summed E-state index contributed by atoms with van der Waals surface area (Å²) in [5, 5.41) is 11.1. The predicted molar refractivity (Wildman–Crippen MR) is 70.0 cm³/mol. The number of aromatic nitrogens is 2. The van der Waals surface area contributed by atoms with E-state index in [0.717, 1.165) is 17.9 Å². The first-order valence-corrected chi connectivity index (χ1v) is 5.95. The van der Waals surface area contributed by atoms with Crippen LogP contribution in [0.15, 0.2) is 18.3 Å². The third kappa shape index (κ3) is 5.45. The van der Waals surface area contributed by atoms with E-state index in [1.807, 2.05) is 33.0 Å². The van der Waals surface area contributed by atoms with Gasteiger partial charge in [0.2, 0.25) is 0 Å². The SMILES string of the molecule is CNC(C)C/C=C/c1cc(OC(C)C)cnn1. The molecule has 0 aromatic carbocycles. The first kappa shape index (κ1) is 13.6. The van der Waals surface area contributed by atoms with E-state index in [4.69, 9.17) is 4.74 Å². The van der Waals surface area contributed by atoms with Gasteiger partial charge in [0.05, 0.1) is 18.0 Å². The molecule has 1 heterocycles. The molecule has 0 spiro atoms. The van der Waals surface area contributed by atoms with Gasteiger partial charge in [-0.15, -0.1) is 0 Å². The summed E-state index contributed by atoms with van der Waals surface area (Å²) in [5.41, 5.74) is 0.825. The van der Waals surface area contributed by atoms with Crippen LogP contribution in [0.4, 0.5) is 0 Å². The van der Waals surface area contributed by atoms with E-state index in [9.17, 15) is 0 Å². The highest BCUT2D eigenvalue weighted by Crippen LogP contribution is 2.12. The van der Waals surface area contributed by atoms with Gasteiger partial charge in [-0.1, -0.05) is 6.08 Å². The summed E-state index contributed by atoms with van der Waals surface area (Å²) in [6, 6.07) is 2.36. The van der Waals surface area contributed by atoms with Gasteiger partial charge in [-0.05, 0) is 40.3 Å². The lowest BCUT2D eigenvalue weighted by atomic mass is 10.2. The summed E-state index contributed by atoms with van der Waals surface area (Å²) in [4.78, 5) is 0. The van der Waals surface area contributed by atoms with Gasteiger partial charge < -0.3 is 10.1 Å². The Morgan fingerprint density at radius 1 is 1.41 bits per heavy atom. The van der Waals surface area contributed by atoms with Gasteiger partial charge in [-0.2, -0.15) is 10.2 Å². The molecule has 0 bridgehead atoms. The van der Waals surface area contributed by atoms with Gasteiger partial charge in [-0.3, -0.25) is 0 Å². The lowest BCUT2D eigenvalue weighted by molar-refractivity contribution is 0.241. The van der Waals surface area contributed by atoms with Crippen LogP contribution in [0.3, 0.4) is 0 Å². The Bertz CT molecular complexity index is 363.